The first-order chi connectivity index (χ1) is 8.09. The van der Waals surface area contributed by atoms with E-state index < -0.39 is 17.2 Å². The third kappa shape index (κ3) is 2.03. The molecule has 5 heteroatoms. The van der Waals surface area contributed by atoms with E-state index >= 15 is 0 Å². The Balaban J connectivity index is 2.43. The van der Waals surface area contributed by atoms with Crippen molar-refractivity contribution in [3.63, 3.8) is 0 Å². The SMILES string of the molecule is Oc1cc(O)c(Nc2ccccc2)c(O)c1O. The second kappa shape index (κ2) is 4.13. The summed E-state index contributed by atoms with van der Waals surface area (Å²) in [5, 5.41) is 40.4. The average molecular weight is 233 g/mol. The van der Waals surface area contributed by atoms with Crippen LogP contribution in [0.4, 0.5) is 11.4 Å². The fourth-order valence-electron chi connectivity index (χ4n) is 1.42. The van der Waals surface area contributed by atoms with E-state index in [4.69, 9.17) is 0 Å². The molecule has 0 aliphatic heterocycles. The van der Waals surface area contributed by atoms with Crippen molar-refractivity contribution in [2.24, 2.45) is 0 Å². The summed E-state index contributed by atoms with van der Waals surface area (Å²) in [5.74, 6) is -2.23. The smallest absolute Gasteiger partial charge is 0.202 e. The lowest BCUT2D eigenvalue weighted by Gasteiger charge is -2.12. The van der Waals surface area contributed by atoms with Gasteiger partial charge in [-0.2, -0.15) is 0 Å². The second-order valence-corrected chi connectivity index (χ2v) is 3.48. The summed E-state index contributed by atoms with van der Waals surface area (Å²) in [4.78, 5) is 0. The molecule has 2 rings (SSSR count). The normalized spacial score (nSPS) is 10.1. The Bertz CT molecular complexity index is 540. The molecule has 2 aromatic carbocycles. The molecule has 0 saturated carbocycles. The van der Waals surface area contributed by atoms with Crippen molar-refractivity contribution < 1.29 is 20.4 Å². The molecule has 17 heavy (non-hydrogen) atoms. The number of nitrogens with one attached hydrogen (secondary N) is 1. The van der Waals surface area contributed by atoms with Gasteiger partial charge in [-0.1, -0.05) is 18.2 Å². The number of phenolic OH excluding ortho intramolecular Hbond substituents is 4. The molecule has 0 heterocycles. The van der Waals surface area contributed by atoms with Gasteiger partial charge in [0.2, 0.25) is 5.75 Å². The van der Waals surface area contributed by atoms with Crippen LogP contribution < -0.4 is 5.32 Å². The van der Waals surface area contributed by atoms with Crippen molar-refractivity contribution >= 4 is 11.4 Å². The van der Waals surface area contributed by atoms with Crippen LogP contribution in [-0.4, -0.2) is 20.4 Å². The van der Waals surface area contributed by atoms with Gasteiger partial charge in [-0.25, -0.2) is 0 Å². The molecule has 0 unspecified atom stereocenters. The molecule has 0 bridgehead atoms. The number of aromatic hydroxyl groups is 4. The second-order valence-electron chi connectivity index (χ2n) is 3.48. The number of phenols is 4. The Labute approximate surface area is 97.2 Å². The number of rotatable bonds is 2. The third-order valence-corrected chi connectivity index (χ3v) is 2.28. The van der Waals surface area contributed by atoms with Gasteiger partial charge in [-0.3, -0.25) is 0 Å². The molecule has 5 nitrogen and oxygen atoms in total. The van der Waals surface area contributed by atoms with Crippen molar-refractivity contribution in [2.45, 2.75) is 0 Å². The van der Waals surface area contributed by atoms with Crippen LogP contribution in [0.1, 0.15) is 0 Å². The zero-order chi connectivity index (χ0) is 12.4. The molecule has 5 N–H and O–H groups in total. The Kier molecular flexibility index (Phi) is 2.66. The van der Waals surface area contributed by atoms with Crippen LogP contribution in [0.15, 0.2) is 36.4 Å². The van der Waals surface area contributed by atoms with Crippen molar-refractivity contribution in [1.29, 1.82) is 0 Å². The van der Waals surface area contributed by atoms with Crippen molar-refractivity contribution in [3.8, 4) is 23.0 Å². The molecule has 0 saturated heterocycles. The van der Waals surface area contributed by atoms with Gasteiger partial charge in [0.05, 0.1) is 0 Å². The van der Waals surface area contributed by atoms with Crippen LogP contribution in [-0.2, 0) is 0 Å². The monoisotopic (exact) mass is 233 g/mol. The van der Waals surface area contributed by atoms with E-state index in [0.29, 0.717) is 5.69 Å². The van der Waals surface area contributed by atoms with E-state index in [1.807, 2.05) is 6.07 Å². The molecule has 0 aliphatic rings. The maximum absolute atomic E-state index is 9.59. The number of hydrogen-bond donors (Lipinski definition) is 5. The molecule has 0 fully saturated rings. The molecular weight excluding hydrogens is 222 g/mol. The van der Waals surface area contributed by atoms with Gasteiger partial charge >= 0.3 is 0 Å². The maximum atomic E-state index is 9.59. The first kappa shape index (κ1) is 10.9. The number of anilines is 2. The van der Waals surface area contributed by atoms with Crippen LogP contribution >= 0.6 is 0 Å². The van der Waals surface area contributed by atoms with Crippen LogP contribution in [0.25, 0.3) is 0 Å². The van der Waals surface area contributed by atoms with Crippen LogP contribution in [0.2, 0.25) is 0 Å². The highest BCUT2D eigenvalue weighted by atomic mass is 16.3. The fourth-order valence-corrected chi connectivity index (χ4v) is 1.42. The molecule has 0 aromatic heterocycles. The summed E-state index contributed by atoms with van der Waals surface area (Å²) in [6.07, 6.45) is 0. The van der Waals surface area contributed by atoms with E-state index in [1.54, 1.807) is 24.3 Å². The van der Waals surface area contributed by atoms with E-state index in [2.05, 4.69) is 5.32 Å². The summed E-state index contributed by atoms with van der Waals surface area (Å²) >= 11 is 0. The largest absolute Gasteiger partial charge is 0.505 e. The van der Waals surface area contributed by atoms with Crippen molar-refractivity contribution in [1.82, 2.24) is 0 Å². The fraction of sp³-hybridized carbons (Fsp3) is 0. The molecule has 0 aliphatic carbocycles. The molecule has 0 spiro atoms. The van der Waals surface area contributed by atoms with E-state index in [-0.39, 0.29) is 11.4 Å². The first-order valence-electron chi connectivity index (χ1n) is 4.88. The van der Waals surface area contributed by atoms with Crippen LogP contribution in [0.5, 0.6) is 23.0 Å². The van der Waals surface area contributed by atoms with Gasteiger partial charge in [0, 0.05) is 11.8 Å². The molecule has 0 atom stereocenters. The molecular formula is C12H11NO4. The summed E-state index contributed by atoms with van der Waals surface area (Å²) < 4.78 is 0. The first-order valence-corrected chi connectivity index (χ1v) is 4.88. The Hall–Kier alpha value is -2.56. The summed E-state index contributed by atoms with van der Waals surface area (Å²) in [6, 6.07) is 9.76. The predicted molar refractivity (Wildman–Crippen MR) is 62.8 cm³/mol. The zero-order valence-electron chi connectivity index (χ0n) is 8.75. The highest BCUT2D eigenvalue weighted by Crippen LogP contribution is 2.47. The average Bonchev–Trinajstić information content (AvgIpc) is 2.33. The van der Waals surface area contributed by atoms with E-state index in [9.17, 15) is 20.4 Å². The Morgan fingerprint density at radius 2 is 1.41 bits per heavy atom. The zero-order valence-corrected chi connectivity index (χ0v) is 8.75. The van der Waals surface area contributed by atoms with Gasteiger partial charge in [-0.15, -0.1) is 0 Å². The van der Waals surface area contributed by atoms with Gasteiger partial charge in [0.15, 0.2) is 11.5 Å². The van der Waals surface area contributed by atoms with E-state index in [1.165, 1.54) is 0 Å². The molecule has 0 radical (unpaired) electrons. The van der Waals surface area contributed by atoms with Crippen LogP contribution in [0, 0.1) is 0 Å². The van der Waals surface area contributed by atoms with Crippen LogP contribution in [0.3, 0.4) is 0 Å². The quantitative estimate of drug-likeness (QED) is 0.405. The number of benzene rings is 2. The summed E-state index contributed by atoms with van der Waals surface area (Å²) in [7, 11) is 0. The van der Waals surface area contributed by atoms with E-state index in [0.717, 1.165) is 6.07 Å². The predicted octanol–water partition coefficient (Wildman–Crippen LogP) is 2.25. The molecule has 0 amide bonds. The number of para-hydroxylation sites is 1. The topological polar surface area (TPSA) is 93.0 Å². The highest BCUT2D eigenvalue weighted by molar-refractivity contribution is 5.77. The minimum absolute atomic E-state index is 0.0634. The lowest BCUT2D eigenvalue weighted by atomic mass is 10.2. The number of hydrogen-bond acceptors (Lipinski definition) is 5. The minimum atomic E-state index is -0.679. The lowest BCUT2D eigenvalue weighted by molar-refractivity contribution is 0.363. The molecule has 88 valence electrons. The highest BCUT2D eigenvalue weighted by Gasteiger charge is 2.16. The Morgan fingerprint density at radius 1 is 0.765 bits per heavy atom. The molecule has 2 aromatic rings. The summed E-state index contributed by atoms with van der Waals surface area (Å²) in [5.41, 5.74) is 0.565. The van der Waals surface area contributed by atoms with Crippen molar-refractivity contribution in [2.75, 3.05) is 5.32 Å². The summed E-state index contributed by atoms with van der Waals surface area (Å²) in [6.45, 7) is 0. The third-order valence-electron chi connectivity index (χ3n) is 2.28. The van der Waals surface area contributed by atoms with Crippen molar-refractivity contribution in [3.05, 3.63) is 36.4 Å². The standard InChI is InChI=1S/C12H11NO4/c14-8-6-9(15)11(16)12(17)10(8)13-7-4-2-1-3-5-7/h1-6,13-17H. The van der Waals surface area contributed by atoms with Gasteiger partial charge in [0.1, 0.15) is 11.4 Å². The lowest BCUT2D eigenvalue weighted by Crippen LogP contribution is -1.91. The Morgan fingerprint density at radius 3 is 2.06 bits per heavy atom. The maximum Gasteiger partial charge on any atom is 0.202 e. The van der Waals surface area contributed by atoms with Gasteiger partial charge in [0.25, 0.3) is 0 Å². The van der Waals surface area contributed by atoms with Gasteiger partial charge < -0.3 is 25.7 Å². The minimum Gasteiger partial charge on any atom is -0.505 e. The van der Waals surface area contributed by atoms with Gasteiger partial charge in [-0.05, 0) is 12.1 Å².